The summed E-state index contributed by atoms with van der Waals surface area (Å²) >= 11 is 1.00. The van der Waals surface area contributed by atoms with Crippen molar-refractivity contribution in [3.05, 3.63) is 40.7 Å². The van der Waals surface area contributed by atoms with Crippen molar-refractivity contribution < 1.29 is 27.1 Å². The molecule has 1 aromatic carbocycles. The molecule has 1 aliphatic rings. The second-order valence-electron chi connectivity index (χ2n) is 6.57. The number of hydrogen-bond donors (Lipinski definition) is 1. The van der Waals surface area contributed by atoms with Gasteiger partial charge in [0.15, 0.2) is 5.13 Å². The van der Waals surface area contributed by atoms with Crippen LogP contribution in [0.15, 0.2) is 29.2 Å². The molecule has 156 valence electrons. The molecule has 0 saturated carbocycles. The molecule has 1 saturated heterocycles. The van der Waals surface area contributed by atoms with Crippen molar-refractivity contribution in [2.75, 3.05) is 25.5 Å². The number of carbonyl (C=O) groups excluding carboxylic acids is 2. The molecule has 1 amide bonds. The van der Waals surface area contributed by atoms with Gasteiger partial charge in [-0.3, -0.25) is 4.79 Å². The summed E-state index contributed by atoms with van der Waals surface area (Å²) in [6, 6.07) is 4.59. The quantitative estimate of drug-likeness (QED) is 0.715. The van der Waals surface area contributed by atoms with Crippen LogP contribution < -0.4 is 5.32 Å². The first-order valence-electron chi connectivity index (χ1n) is 8.84. The van der Waals surface area contributed by atoms with Crippen LogP contribution >= 0.6 is 11.3 Å². The highest BCUT2D eigenvalue weighted by molar-refractivity contribution is 7.89. The standard InChI is InChI=1S/C18H20FN3O5S2/c1-11-15(17(24)27-2)28-18(20-11)21-16(23)12-4-3-9-22(10-12)29(25,26)14-7-5-13(19)6-8-14/h5-8,12H,3-4,9-10H2,1-2H3,(H,20,21,23). The van der Waals surface area contributed by atoms with E-state index < -0.39 is 27.7 Å². The van der Waals surface area contributed by atoms with Gasteiger partial charge in [-0.05, 0) is 44.0 Å². The zero-order valence-corrected chi connectivity index (χ0v) is 17.5. The summed E-state index contributed by atoms with van der Waals surface area (Å²) in [4.78, 5) is 28.8. The monoisotopic (exact) mass is 441 g/mol. The largest absolute Gasteiger partial charge is 0.465 e. The fourth-order valence-electron chi connectivity index (χ4n) is 3.07. The van der Waals surface area contributed by atoms with Gasteiger partial charge in [-0.1, -0.05) is 11.3 Å². The van der Waals surface area contributed by atoms with Crippen LogP contribution in [0.4, 0.5) is 9.52 Å². The van der Waals surface area contributed by atoms with Crippen LogP contribution in [0.1, 0.15) is 28.2 Å². The molecule has 2 heterocycles. The smallest absolute Gasteiger partial charge is 0.350 e. The second-order valence-corrected chi connectivity index (χ2v) is 9.51. The Morgan fingerprint density at radius 3 is 2.66 bits per heavy atom. The number of thiazole rings is 1. The molecule has 1 unspecified atom stereocenters. The van der Waals surface area contributed by atoms with E-state index >= 15 is 0 Å². The van der Waals surface area contributed by atoms with Crippen molar-refractivity contribution in [3.63, 3.8) is 0 Å². The Morgan fingerprint density at radius 1 is 1.31 bits per heavy atom. The maximum atomic E-state index is 13.1. The molecule has 2 aromatic rings. The van der Waals surface area contributed by atoms with Crippen LogP contribution in [0.3, 0.4) is 0 Å². The molecule has 1 aliphatic heterocycles. The minimum Gasteiger partial charge on any atom is -0.465 e. The van der Waals surface area contributed by atoms with Gasteiger partial charge in [-0.25, -0.2) is 22.6 Å². The van der Waals surface area contributed by atoms with Crippen LogP contribution in [0.2, 0.25) is 0 Å². The van der Waals surface area contributed by atoms with Crippen molar-refractivity contribution in [2.24, 2.45) is 5.92 Å². The Bertz CT molecular complexity index is 1020. The number of anilines is 1. The molecule has 0 bridgehead atoms. The Hall–Kier alpha value is -2.37. The molecule has 1 aromatic heterocycles. The molecule has 0 radical (unpaired) electrons. The number of ether oxygens (including phenoxy) is 1. The van der Waals surface area contributed by atoms with Crippen molar-refractivity contribution in [1.29, 1.82) is 0 Å². The van der Waals surface area contributed by atoms with E-state index in [9.17, 15) is 22.4 Å². The lowest BCUT2D eigenvalue weighted by molar-refractivity contribution is -0.120. The summed E-state index contributed by atoms with van der Waals surface area (Å²) in [5.41, 5.74) is 0.446. The highest BCUT2D eigenvalue weighted by Crippen LogP contribution is 2.27. The molecular weight excluding hydrogens is 421 g/mol. The number of rotatable bonds is 5. The van der Waals surface area contributed by atoms with Gasteiger partial charge in [0, 0.05) is 13.1 Å². The first-order chi connectivity index (χ1) is 13.7. The summed E-state index contributed by atoms with van der Waals surface area (Å²) in [5.74, 6) is -1.99. The van der Waals surface area contributed by atoms with Gasteiger partial charge in [-0.2, -0.15) is 4.31 Å². The van der Waals surface area contributed by atoms with E-state index in [4.69, 9.17) is 0 Å². The molecule has 1 atom stereocenters. The number of carbonyl (C=O) groups is 2. The minimum absolute atomic E-state index is 0.0137. The number of aromatic nitrogens is 1. The van der Waals surface area contributed by atoms with E-state index in [1.54, 1.807) is 6.92 Å². The van der Waals surface area contributed by atoms with E-state index in [1.165, 1.54) is 23.5 Å². The van der Waals surface area contributed by atoms with E-state index in [0.29, 0.717) is 23.4 Å². The Labute approximate surface area is 171 Å². The van der Waals surface area contributed by atoms with Crippen LogP contribution in [-0.2, 0) is 19.6 Å². The number of piperidine rings is 1. The van der Waals surface area contributed by atoms with E-state index in [-0.39, 0.29) is 29.0 Å². The Kier molecular flexibility index (Phi) is 6.30. The van der Waals surface area contributed by atoms with Gasteiger partial charge in [0.25, 0.3) is 0 Å². The number of methoxy groups -OCH3 is 1. The number of aryl methyl sites for hydroxylation is 1. The number of sulfonamides is 1. The maximum Gasteiger partial charge on any atom is 0.350 e. The lowest BCUT2D eigenvalue weighted by Gasteiger charge is -2.31. The topological polar surface area (TPSA) is 106 Å². The Morgan fingerprint density at radius 2 is 2.00 bits per heavy atom. The molecule has 1 N–H and O–H groups in total. The highest BCUT2D eigenvalue weighted by Gasteiger charge is 2.33. The minimum atomic E-state index is -3.82. The zero-order chi connectivity index (χ0) is 21.2. The van der Waals surface area contributed by atoms with Crippen molar-refractivity contribution in [1.82, 2.24) is 9.29 Å². The molecule has 8 nitrogen and oxygen atoms in total. The number of amides is 1. The second kappa shape index (κ2) is 8.56. The average molecular weight is 442 g/mol. The van der Waals surface area contributed by atoms with Gasteiger partial charge in [0.2, 0.25) is 15.9 Å². The normalized spacial score (nSPS) is 17.7. The van der Waals surface area contributed by atoms with Gasteiger partial charge in [-0.15, -0.1) is 0 Å². The van der Waals surface area contributed by atoms with Gasteiger partial charge < -0.3 is 10.1 Å². The van der Waals surface area contributed by atoms with Gasteiger partial charge >= 0.3 is 5.97 Å². The first kappa shape index (κ1) is 21.3. The van der Waals surface area contributed by atoms with E-state index in [0.717, 1.165) is 23.5 Å². The number of esters is 1. The number of halogens is 1. The molecule has 0 aliphatic carbocycles. The summed E-state index contributed by atoms with van der Waals surface area (Å²) in [6.07, 6.45) is 1.04. The third-order valence-electron chi connectivity index (χ3n) is 4.60. The van der Waals surface area contributed by atoms with Crippen LogP contribution in [0.25, 0.3) is 0 Å². The fourth-order valence-corrected chi connectivity index (χ4v) is 5.48. The van der Waals surface area contributed by atoms with Gasteiger partial charge in [0.05, 0.1) is 23.6 Å². The third kappa shape index (κ3) is 4.62. The third-order valence-corrected chi connectivity index (χ3v) is 7.54. The number of hydrogen-bond acceptors (Lipinski definition) is 7. The molecular formula is C18H20FN3O5S2. The predicted octanol–water partition coefficient (Wildman–Crippen LogP) is 2.42. The lowest BCUT2D eigenvalue weighted by atomic mass is 9.99. The van der Waals surface area contributed by atoms with Crippen molar-refractivity contribution >= 4 is 38.4 Å². The van der Waals surface area contributed by atoms with Gasteiger partial charge in [0.1, 0.15) is 10.7 Å². The SMILES string of the molecule is COC(=O)c1sc(NC(=O)C2CCCN(S(=O)(=O)c3ccc(F)cc3)C2)nc1C. The number of nitrogens with one attached hydrogen (secondary N) is 1. The van der Waals surface area contributed by atoms with Crippen molar-refractivity contribution in [2.45, 2.75) is 24.7 Å². The average Bonchev–Trinajstić information content (AvgIpc) is 3.07. The molecule has 11 heteroatoms. The van der Waals surface area contributed by atoms with Crippen molar-refractivity contribution in [3.8, 4) is 0 Å². The van der Waals surface area contributed by atoms with E-state index in [1.807, 2.05) is 0 Å². The van der Waals surface area contributed by atoms with Crippen LogP contribution in [-0.4, -0.2) is 49.8 Å². The summed E-state index contributed by atoms with van der Waals surface area (Å²) in [7, 11) is -2.56. The van der Waals surface area contributed by atoms with Crippen LogP contribution in [0, 0.1) is 18.7 Å². The Balaban J connectivity index is 1.71. The fraction of sp³-hybridized carbons (Fsp3) is 0.389. The summed E-state index contributed by atoms with van der Waals surface area (Å²) in [5, 5.41) is 2.92. The maximum absolute atomic E-state index is 13.1. The highest BCUT2D eigenvalue weighted by atomic mass is 32.2. The predicted molar refractivity (Wildman–Crippen MR) is 105 cm³/mol. The summed E-state index contributed by atoms with van der Waals surface area (Å²) < 4.78 is 44.6. The molecule has 29 heavy (non-hydrogen) atoms. The van der Waals surface area contributed by atoms with E-state index in [2.05, 4.69) is 15.0 Å². The molecule has 3 rings (SSSR count). The number of nitrogens with zero attached hydrogens (tertiary/aromatic N) is 2. The molecule has 0 spiro atoms. The summed E-state index contributed by atoms with van der Waals surface area (Å²) in [6.45, 7) is 1.93. The first-order valence-corrected chi connectivity index (χ1v) is 11.1. The number of benzene rings is 1. The lowest BCUT2D eigenvalue weighted by Crippen LogP contribution is -2.43. The van der Waals surface area contributed by atoms with Crippen LogP contribution in [0.5, 0.6) is 0 Å². The zero-order valence-electron chi connectivity index (χ0n) is 15.8. The molecule has 1 fully saturated rings.